The molecule has 2 aromatic rings. The van der Waals surface area contributed by atoms with Crippen LogP contribution in [0.3, 0.4) is 0 Å². The van der Waals surface area contributed by atoms with Gasteiger partial charge in [0, 0.05) is 25.8 Å². The maximum Gasteiger partial charge on any atom is 0.191 e. The highest BCUT2D eigenvalue weighted by Gasteiger charge is 2.09. The number of para-hydroxylation sites is 1. The topological polar surface area (TPSA) is 54.2 Å². The summed E-state index contributed by atoms with van der Waals surface area (Å²) in [5.41, 5.74) is 4.45. The summed E-state index contributed by atoms with van der Waals surface area (Å²) in [6.07, 6.45) is 0. The van der Waals surface area contributed by atoms with Crippen LogP contribution in [0.1, 0.15) is 30.8 Å². The van der Waals surface area contributed by atoms with Crippen molar-refractivity contribution in [1.82, 2.24) is 20.4 Å². The van der Waals surface area contributed by atoms with Crippen molar-refractivity contribution in [1.29, 1.82) is 0 Å². The third-order valence-electron chi connectivity index (χ3n) is 3.58. The Hall–Kier alpha value is -1.57. The molecule has 1 aromatic carbocycles. The van der Waals surface area contributed by atoms with Crippen molar-refractivity contribution < 1.29 is 0 Å². The molecule has 0 aliphatic carbocycles. The first-order valence-electron chi connectivity index (χ1n) is 8.07. The lowest BCUT2D eigenvalue weighted by molar-refractivity contribution is 0.614. The first-order valence-corrected chi connectivity index (χ1v) is 8.07. The van der Waals surface area contributed by atoms with E-state index in [4.69, 9.17) is 0 Å². The number of nitrogens with zero attached hydrogens (tertiary/aromatic N) is 3. The summed E-state index contributed by atoms with van der Waals surface area (Å²) >= 11 is 0. The van der Waals surface area contributed by atoms with Crippen molar-refractivity contribution in [2.45, 2.75) is 34.2 Å². The molecule has 1 heterocycles. The third-order valence-corrected chi connectivity index (χ3v) is 3.58. The summed E-state index contributed by atoms with van der Waals surface area (Å²) < 4.78 is 2.00. The minimum Gasteiger partial charge on any atom is -0.356 e. The highest BCUT2D eigenvalue weighted by molar-refractivity contribution is 14.0. The molecule has 24 heavy (non-hydrogen) atoms. The van der Waals surface area contributed by atoms with Gasteiger partial charge in [-0.3, -0.25) is 4.99 Å². The second-order valence-corrected chi connectivity index (χ2v) is 6.17. The van der Waals surface area contributed by atoms with Gasteiger partial charge in [0.05, 0.1) is 11.4 Å². The van der Waals surface area contributed by atoms with Crippen LogP contribution in [0.25, 0.3) is 5.69 Å². The predicted molar refractivity (Wildman–Crippen MR) is 111 cm³/mol. The van der Waals surface area contributed by atoms with Crippen LogP contribution < -0.4 is 10.6 Å². The normalized spacial score (nSPS) is 11.3. The highest BCUT2D eigenvalue weighted by Crippen LogP contribution is 2.16. The van der Waals surface area contributed by atoms with Gasteiger partial charge in [0.2, 0.25) is 0 Å². The predicted octanol–water partition coefficient (Wildman–Crippen LogP) is 3.43. The van der Waals surface area contributed by atoms with Crippen molar-refractivity contribution in [3.05, 3.63) is 47.3 Å². The molecule has 0 radical (unpaired) electrons. The van der Waals surface area contributed by atoms with Crippen molar-refractivity contribution >= 4 is 29.9 Å². The van der Waals surface area contributed by atoms with Crippen LogP contribution in [0.4, 0.5) is 0 Å². The molecule has 0 amide bonds. The SMILES string of the molecule is CN=C(NCc1ccccc1-n1nc(C)cc1C)NCC(C)C.I. The standard InChI is InChI=1S/C18H27N5.HI/c1-13(2)11-20-18(19-5)21-12-16-8-6-7-9-17(16)23-15(4)10-14(3)22-23;/h6-10,13H,11-12H2,1-5H3,(H2,19,20,21);1H. The number of guanidine groups is 1. The molecular formula is C18H28IN5. The molecule has 6 heteroatoms. The van der Waals surface area contributed by atoms with Crippen molar-refractivity contribution in [2.24, 2.45) is 10.9 Å². The molecule has 1 aromatic heterocycles. The van der Waals surface area contributed by atoms with E-state index in [2.05, 4.69) is 65.8 Å². The van der Waals surface area contributed by atoms with E-state index in [1.165, 1.54) is 5.56 Å². The minimum absolute atomic E-state index is 0. The molecule has 2 N–H and O–H groups in total. The molecule has 0 fully saturated rings. The molecule has 0 spiro atoms. The second-order valence-electron chi connectivity index (χ2n) is 6.17. The Labute approximate surface area is 162 Å². The molecule has 0 atom stereocenters. The largest absolute Gasteiger partial charge is 0.356 e. The van der Waals surface area contributed by atoms with Crippen LogP contribution in [0.5, 0.6) is 0 Å². The van der Waals surface area contributed by atoms with Crippen LogP contribution in [-0.4, -0.2) is 29.3 Å². The molecule has 132 valence electrons. The number of nitrogens with one attached hydrogen (secondary N) is 2. The molecule has 0 saturated carbocycles. The van der Waals surface area contributed by atoms with E-state index in [1.807, 2.05) is 17.7 Å². The monoisotopic (exact) mass is 441 g/mol. The summed E-state index contributed by atoms with van der Waals surface area (Å²) in [5, 5.41) is 11.3. The first-order chi connectivity index (χ1) is 11.0. The number of hydrogen-bond donors (Lipinski definition) is 2. The van der Waals surface area contributed by atoms with E-state index in [-0.39, 0.29) is 24.0 Å². The molecule has 2 rings (SSSR count). The van der Waals surface area contributed by atoms with Gasteiger partial charge in [0.25, 0.3) is 0 Å². The number of aromatic nitrogens is 2. The number of halogens is 1. The Morgan fingerprint density at radius 2 is 1.92 bits per heavy atom. The van der Waals surface area contributed by atoms with Crippen LogP contribution in [0.2, 0.25) is 0 Å². The van der Waals surface area contributed by atoms with Gasteiger partial charge in [-0.2, -0.15) is 5.10 Å². The molecule has 5 nitrogen and oxygen atoms in total. The quantitative estimate of drug-likeness (QED) is 0.425. The van der Waals surface area contributed by atoms with Gasteiger partial charge in [-0.05, 0) is 37.5 Å². The number of hydrogen-bond acceptors (Lipinski definition) is 2. The van der Waals surface area contributed by atoms with Crippen molar-refractivity contribution in [3.63, 3.8) is 0 Å². The average molecular weight is 441 g/mol. The first kappa shape index (κ1) is 20.5. The Morgan fingerprint density at radius 3 is 2.50 bits per heavy atom. The van der Waals surface area contributed by atoms with Gasteiger partial charge in [-0.1, -0.05) is 32.0 Å². The fraction of sp³-hybridized carbons (Fsp3) is 0.444. The van der Waals surface area contributed by atoms with Crippen LogP contribution >= 0.6 is 24.0 Å². The van der Waals surface area contributed by atoms with Crippen LogP contribution in [-0.2, 0) is 6.54 Å². The van der Waals surface area contributed by atoms with Crippen LogP contribution in [0, 0.1) is 19.8 Å². The van der Waals surface area contributed by atoms with Crippen molar-refractivity contribution in [3.8, 4) is 5.69 Å². The summed E-state index contributed by atoms with van der Waals surface area (Å²) in [6, 6.07) is 10.4. The number of benzene rings is 1. The van der Waals surface area contributed by atoms with E-state index >= 15 is 0 Å². The Balaban J connectivity index is 0.00000288. The van der Waals surface area contributed by atoms with Gasteiger partial charge in [0.1, 0.15) is 0 Å². The summed E-state index contributed by atoms with van der Waals surface area (Å²) in [7, 11) is 1.79. The van der Waals surface area contributed by atoms with Gasteiger partial charge in [0.15, 0.2) is 5.96 Å². The third kappa shape index (κ3) is 5.51. The lowest BCUT2D eigenvalue weighted by atomic mass is 10.1. The lowest BCUT2D eigenvalue weighted by Crippen LogP contribution is -2.38. The fourth-order valence-electron chi connectivity index (χ4n) is 2.44. The maximum absolute atomic E-state index is 4.59. The zero-order valence-electron chi connectivity index (χ0n) is 15.1. The second kappa shape index (κ2) is 9.66. The van der Waals surface area contributed by atoms with Gasteiger partial charge < -0.3 is 10.6 Å². The zero-order valence-corrected chi connectivity index (χ0v) is 17.5. The minimum atomic E-state index is 0. The van der Waals surface area contributed by atoms with Crippen LogP contribution in [0.15, 0.2) is 35.3 Å². The number of aryl methyl sites for hydroxylation is 2. The summed E-state index contributed by atoms with van der Waals surface area (Å²) in [6.45, 7) is 10.1. The molecule has 0 aliphatic rings. The highest BCUT2D eigenvalue weighted by atomic mass is 127. The fourth-order valence-corrected chi connectivity index (χ4v) is 2.44. The number of aliphatic imine (C=N–C) groups is 1. The Bertz CT molecular complexity index is 676. The molecular weight excluding hydrogens is 413 g/mol. The number of rotatable bonds is 5. The Kier molecular flexibility index (Phi) is 8.24. The van der Waals surface area contributed by atoms with Gasteiger partial charge in [-0.25, -0.2) is 4.68 Å². The van der Waals surface area contributed by atoms with E-state index in [1.54, 1.807) is 7.05 Å². The summed E-state index contributed by atoms with van der Waals surface area (Å²) in [5.74, 6) is 1.40. The van der Waals surface area contributed by atoms with E-state index < -0.39 is 0 Å². The van der Waals surface area contributed by atoms with Crippen molar-refractivity contribution in [2.75, 3.05) is 13.6 Å². The smallest absolute Gasteiger partial charge is 0.191 e. The molecule has 0 aliphatic heterocycles. The van der Waals surface area contributed by atoms with E-state index in [9.17, 15) is 0 Å². The molecule has 0 saturated heterocycles. The summed E-state index contributed by atoms with van der Waals surface area (Å²) in [4.78, 5) is 4.27. The average Bonchev–Trinajstić information content (AvgIpc) is 2.86. The lowest BCUT2D eigenvalue weighted by Gasteiger charge is -2.16. The zero-order chi connectivity index (χ0) is 16.8. The van der Waals surface area contributed by atoms with E-state index in [0.29, 0.717) is 12.5 Å². The molecule has 0 bridgehead atoms. The van der Waals surface area contributed by atoms with Gasteiger partial charge in [-0.15, -0.1) is 24.0 Å². The van der Waals surface area contributed by atoms with Gasteiger partial charge >= 0.3 is 0 Å². The Morgan fingerprint density at radius 1 is 1.21 bits per heavy atom. The maximum atomic E-state index is 4.59. The van der Waals surface area contributed by atoms with E-state index in [0.717, 1.165) is 29.6 Å². The molecule has 0 unspecified atom stereocenters.